The molecule has 2 atom stereocenters. The van der Waals surface area contributed by atoms with E-state index in [1.165, 1.54) is 5.69 Å². The highest BCUT2D eigenvalue weighted by atomic mass is 16.5. The Hall–Kier alpha value is -2.34. The fraction of sp³-hybridized carbons (Fsp3) is 0.630. The predicted molar refractivity (Wildman–Crippen MR) is 132 cm³/mol. The first kappa shape index (κ1) is 23.8. The Balaban J connectivity index is 1.21. The molecule has 6 heteroatoms. The highest BCUT2D eigenvalue weighted by Crippen LogP contribution is 2.47. The van der Waals surface area contributed by atoms with Gasteiger partial charge in [-0.15, -0.1) is 0 Å². The minimum absolute atomic E-state index is 0.0906. The minimum atomic E-state index is 0.0906. The maximum Gasteiger partial charge on any atom is 0.220 e. The van der Waals surface area contributed by atoms with Crippen molar-refractivity contribution < 1.29 is 9.32 Å². The minimum Gasteiger partial charge on any atom is -0.369 e. The summed E-state index contributed by atoms with van der Waals surface area (Å²) in [6.07, 6.45) is 5.85. The standard InChI is InChI=1S/C27H40N4O2/c1-4-5-7-12-26(32)28-25-18-21(27(25,2)3)17-22-19-24(33-29-22)20-30-13-15-31(16-14-30)23-10-8-6-9-11-23/h6,8-11,19,21,25H,4-5,7,12-18,20H2,1-3H3,(H,28,32)/t21-,25+/m1/s1. The van der Waals surface area contributed by atoms with Gasteiger partial charge in [-0.05, 0) is 42.7 Å². The number of amides is 1. The molecule has 2 aliphatic rings. The molecule has 0 spiro atoms. The number of benzene rings is 1. The molecule has 0 radical (unpaired) electrons. The van der Waals surface area contributed by atoms with Crippen LogP contribution in [-0.4, -0.2) is 48.2 Å². The van der Waals surface area contributed by atoms with Crippen LogP contribution in [0.5, 0.6) is 0 Å². The van der Waals surface area contributed by atoms with E-state index in [0.717, 1.165) is 76.3 Å². The lowest BCUT2D eigenvalue weighted by Crippen LogP contribution is -2.58. The SMILES string of the molecule is CCCCCC(=O)N[C@H]1C[C@@H](Cc2cc(CN3CCN(c4ccccc4)CC3)on2)C1(C)C. The van der Waals surface area contributed by atoms with Crippen LogP contribution in [0.2, 0.25) is 0 Å². The summed E-state index contributed by atoms with van der Waals surface area (Å²) in [6.45, 7) is 11.6. The third-order valence-electron chi connectivity index (χ3n) is 7.75. The molecule has 1 aliphatic carbocycles. The first-order valence-electron chi connectivity index (χ1n) is 12.7. The smallest absolute Gasteiger partial charge is 0.220 e. The monoisotopic (exact) mass is 452 g/mol. The van der Waals surface area contributed by atoms with E-state index in [1.807, 2.05) is 0 Å². The van der Waals surface area contributed by atoms with Crippen molar-refractivity contribution in [3.05, 3.63) is 47.9 Å². The van der Waals surface area contributed by atoms with Crippen LogP contribution in [0.1, 0.15) is 64.3 Å². The number of rotatable bonds is 10. The van der Waals surface area contributed by atoms with Crippen LogP contribution in [0.25, 0.3) is 0 Å². The third-order valence-corrected chi connectivity index (χ3v) is 7.75. The molecule has 180 valence electrons. The molecule has 1 aromatic heterocycles. The lowest BCUT2D eigenvalue weighted by atomic mass is 9.57. The van der Waals surface area contributed by atoms with Crippen LogP contribution in [0.4, 0.5) is 5.69 Å². The van der Waals surface area contributed by atoms with Gasteiger partial charge in [0, 0.05) is 50.4 Å². The van der Waals surface area contributed by atoms with Crippen molar-refractivity contribution in [3.63, 3.8) is 0 Å². The van der Waals surface area contributed by atoms with Crippen LogP contribution in [0.15, 0.2) is 40.9 Å². The number of anilines is 1. The van der Waals surface area contributed by atoms with Gasteiger partial charge in [-0.1, -0.05) is 57.0 Å². The van der Waals surface area contributed by atoms with E-state index >= 15 is 0 Å². The number of hydrogen-bond donors (Lipinski definition) is 1. The molecule has 2 fully saturated rings. The van der Waals surface area contributed by atoms with Gasteiger partial charge in [-0.3, -0.25) is 9.69 Å². The van der Waals surface area contributed by atoms with Gasteiger partial charge in [0.2, 0.25) is 5.91 Å². The Morgan fingerprint density at radius 1 is 1.15 bits per heavy atom. The number of hydrogen-bond acceptors (Lipinski definition) is 5. The average Bonchev–Trinajstić information content (AvgIpc) is 3.26. The van der Waals surface area contributed by atoms with Crippen molar-refractivity contribution in [1.29, 1.82) is 0 Å². The number of piperazine rings is 1. The Labute approximate surface area is 198 Å². The molecule has 2 heterocycles. The van der Waals surface area contributed by atoms with Crippen LogP contribution in [0.3, 0.4) is 0 Å². The first-order valence-corrected chi connectivity index (χ1v) is 12.7. The molecule has 6 nitrogen and oxygen atoms in total. The molecule has 2 aromatic rings. The van der Waals surface area contributed by atoms with E-state index in [9.17, 15) is 4.79 Å². The van der Waals surface area contributed by atoms with Gasteiger partial charge in [-0.25, -0.2) is 0 Å². The third kappa shape index (κ3) is 5.97. The molecule has 1 aliphatic heterocycles. The van der Waals surface area contributed by atoms with Gasteiger partial charge in [0.25, 0.3) is 0 Å². The lowest BCUT2D eigenvalue weighted by Gasteiger charge is -2.52. The van der Waals surface area contributed by atoms with Crippen LogP contribution < -0.4 is 10.2 Å². The largest absolute Gasteiger partial charge is 0.369 e. The first-order chi connectivity index (χ1) is 16.0. The van der Waals surface area contributed by atoms with Gasteiger partial charge < -0.3 is 14.7 Å². The van der Waals surface area contributed by atoms with Crippen LogP contribution >= 0.6 is 0 Å². The number of para-hydroxylation sites is 1. The highest BCUT2D eigenvalue weighted by Gasteiger charge is 2.48. The number of nitrogens with zero attached hydrogens (tertiary/aromatic N) is 3. The molecule has 33 heavy (non-hydrogen) atoms. The summed E-state index contributed by atoms with van der Waals surface area (Å²) in [5, 5.41) is 7.63. The van der Waals surface area contributed by atoms with E-state index < -0.39 is 0 Å². The second kappa shape index (κ2) is 10.7. The number of nitrogens with one attached hydrogen (secondary N) is 1. The number of unbranched alkanes of at least 4 members (excludes halogenated alkanes) is 2. The van der Waals surface area contributed by atoms with E-state index in [0.29, 0.717) is 12.3 Å². The molecule has 1 saturated carbocycles. The van der Waals surface area contributed by atoms with Crippen molar-refractivity contribution >= 4 is 11.6 Å². The van der Waals surface area contributed by atoms with Crippen molar-refractivity contribution in [1.82, 2.24) is 15.4 Å². The van der Waals surface area contributed by atoms with E-state index in [2.05, 4.69) is 77.4 Å². The summed E-state index contributed by atoms with van der Waals surface area (Å²) >= 11 is 0. The molecular weight excluding hydrogens is 412 g/mol. The van der Waals surface area contributed by atoms with Crippen LogP contribution in [-0.2, 0) is 17.8 Å². The zero-order valence-electron chi connectivity index (χ0n) is 20.6. The second-order valence-electron chi connectivity index (χ2n) is 10.4. The zero-order chi connectivity index (χ0) is 23.3. The lowest BCUT2D eigenvalue weighted by molar-refractivity contribution is -0.125. The van der Waals surface area contributed by atoms with Gasteiger partial charge in [0.05, 0.1) is 12.2 Å². The number of aromatic nitrogens is 1. The average molecular weight is 453 g/mol. The number of carbonyl (C=O) groups excluding carboxylic acids is 1. The van der Waals surface area contributed by atoms with Crippen LogP contribution in [0, 0.1) is 11.3 Å². The molecule has 4 rings (SSSR count). The predicted octanol–water partition coefficient (Wildman–Crippen LogP) is 4.65. The summed E-state index contributed by atoms with van der Waals surface area (Å²) < 4.78 is 5.69. The molecular formula is C27H40N4O2. The van der Waals surface area contributed by atoms with Gasteiger partial charge in [0.1, 0.15) is 0 Å². The van der Waals surface area contributed by atoms with Crippen molar-refractivity contribution in [2.24, 2.45) is 11.3 Å². The van der Waals surface area contributed by atoms with Crippen molar-refractivity contribution in [2.75, 3.05) is 31.1 Å². The van der Waals surface area contributed by atoms with Crippen molar-refractivity contribution in [2.45, 2.75) is 71.9 Å². The zero-order valence-corrected chi connectivity index (χ0v) is 20.6. The van der Waals surface area contributed by atoms with Crippen molar-refractivity contribution in [3.8, 4) is 0 Å². The van der Waals surface area contributed by atoms with E-state index in [4.69, 9.17) is 4.52 Å². The maximum absolute atomic E-state index is 12.2. The summed E-state index contributed by atoms with van der Waals surface area (Å²) in [6, 6.07) is 13.0. The highest BCUT2D eigenvalue weighted by molar-refractivity contribution is 5.76. The molecule has 1 saturated heterocycles. The number of carbonyl (C=O) groups is 1. The van der Waals surface area contributed by atoms with Gasteiger partial charge in [0.15, 0.2) is 5.76 Å². The molecule has 1 N–H and O–H groups in total. The summed E-state index contributed by atoms with van der Waals surface area (Å²) in [4.78, 5) is 17.1. The van der Waals surface area contributed by atoms with E-state index in [-0.39, 0.29) is 17.4 Å². The molecule has 0 unspecified atom stereocenters. The second-order valence-corrected chi connectivity index (χ2v) is 10.4. The molecule has 0 bridgehead atoms. The summed E-state index contributed by atoms with van der Waals surface area (Å²) in [5.74, 6) is 1.68. The Morgan fingerprint density at radius 3 is 2.61 bits per heavy atom. The molecule has 1 amide bonds. The normalized spacial score (nSPS) is 22.7. The van der Waals surface area contributed by atoms with E-state index in [1.54, 1.807) is 0 Å². The summed E-state index contributed by atoms with van der Waals surface area (Å²) in [5.41, 5.74) is 2.43. The maximum atomic E-state index is 12.2. The molecule has 1 aromatic carbocycles. The Kier molecular flexibility index (Phi) is 7.74. The fourth-order valence-electron chi connectivity index (χ4n) is 5.21. The Morgan fingerprint density at radius 2 is 1.91 bits per heavy atom. The van der Waals surface area contributed by atoms with Gasteiger partial charge >= 0.3 is 0 Å². The Bertz CT molecular complexity index is 887. The topological polar surface area (TPSA) is 61.6 Å². The fourth-order valence-corrected chi connectivity index (χ4v) is 5.21. The van der Waals surface area contributed by atoms with Gasteiger partial charge in [-0.2, -0.15) is 0 Å². The quantitative estimate of drug-likeness (QED) is 0.532. The summed E-state index contributed by atoms with van der Waals surface area (Å²) in [7, 11) is 0.